The van der Waals surface area contributed by atoms with Crippen LogP contribution >= 0.6 is 34.8 Å². The minimum atomic E-state index is -4.22. The van der Waals surface area contributed by atoms with Gasteiger partial charge < -0.3 is 5.32 Å². The molecule has 3 rings (SSSR count). The summed E-state index contributed by atoms with van der Waals surface area (Å²) in [5.74, 6) is 0. The smallest absolute Gasteiger partial charge is 0.247 e. The zero-order chi connectivity index (χ0) is 20.0. The van der Waals surface area contributed by atoms with Crippen LogP contribution in [0.5, 0.6) is 0 Å². The van der Waals surface area contributed by atoms with Crippen molar-refractivity contribution in [1.29, 1.82) is 0 Å². The van der Waals surface area contributed by atoms with Crippen LogP contribution in [-0.4, -0.2) is 32.1 Å². The zero-order valence-electron chi connectivity index (χ0n) is 13.5. The predicted molar refractivity (Wildman–Crippen MR) is 105 cm³/mol. The van der Waals surface area contributed by atoms with E-state index in [0.717, 1.165) is 10.4 Å². The van der Waals surface area contributed by atoms with Gasteiger partial charge in [0, 0.05) is 6.54 Å². The Bertz CT molecular complexity index is 1080. The minimum absolute atomic E-state index is 0.0243. The molecule has 0 aromatic heterocycles. The Labute approximate surface area is 172 Å². The number of fused-ring (bicyclic) bond motifs is 1. The van der Waals surface area contributed by atoms with Crippen LogP contribution < -0.4 is 10.5 Å². The summed E-state index contributed by atoms with van der Waals surface area (Å²) in [6.45, 7) is -0.0243. The molecule has 2 aromatic rings. The Kier molecular flexibility index (Phi) is 5.66. The molecule has 146 valence electrons. The molecular weight excluding hydrogens is 457 g/mol. The SMILES string of the molecule is NS(=O)(=O)c1cc2c(cc1Cl)NC(C(Cl)Cl)N(Cc1ccccc1)S2(=O)=O. The van der Waals surface area contributed by atoms with Crippen molar-refractivity contribution in [3.8, 4) is 0 Å². The molecule has 2 aromatic carbocycles. The number of primary sulfonamides is 1. The number of rotatable bonds is 4. The molecule has 0 bridgehead atoms. The lowest BCUT2D eigenvalue weighted by Crippen LogP contribution is -2.51. The van der Waals surface area contributed by atoms with Crippen LogP contribution in [0.1, 0.15) is 5.56 Å². The number of benzene rings is 2. The second kappa shape index (κ2) is 7.40. The Hall–Kier alpha value is -1.07. The van der Waals surface area contributed by atoms with Gasteiger partial charge >= 0.3 is 0 Å². The molecule has 0 saturated heterocycles. The third kappa shape index (κ3) is 4.04. The van der Waals surface area contributed by atoms with E-state index in [0.29, 0.717) is 5.56 Å². The van der Waals surface area contributed by atoms with Gasteiger partial charge in [-0.15, -0.1) is 23.2 Å². The fraction of sp³-hybridized carbons (Fsp3) is 0.200. The lowest BCUT2D eigenvalue weighted by atomic mass is 10.2. The van der Waals surface area contributed by atoms with E-state index in [1.807, 2.05) is 0 Å². The van der Waals surface area contributed by atoms with Gasteiger partial charge in [0.25, 0.3) is 0 Å². The molecule has 0 spiro atoms. The highest BCUT2D eigenvalue weighted by Crippen LogP contribution is 2.39. The maximum Gasteiger partial charge on any atom is 0.247 e. The first-order valence-electron chi connectivity index (χ1n) is 7.48. The molecular formula is C15H14Cl3N3O4S2. The van der Waals surface area contributed by atoms with Crippen molar-refractivity contribution in [2.24, 2.45) is 5.14 Å². The first-order chi connectivity index (χ1) is 12.5. The lowest BCUT2D eigenvalue weighted by Gasteiger charge is -2.38. The van der Waals surface area contributed by atoms with E-state index in [4.69, 9.17) is 39.9 Å². The molecule has 3 N–H and O–H groups in total. The molecule has 0 aliphatic carbocycles. The number of nitrogens with zero attached hydrogens (tertiary/aromatic N) is 1. The second-order valence-corrected chi connectivity index (χ2v) is 10.7. The predicted octanol–water partition coefficient (Wildman–Crippen LogP) is 2.73. The van der Waals surface area contributed by atoms with Crippen molar-refractivity contribution >= 4 is 60.5 Å². The Morgan fingerprint density at radius 3 is 2.37 bits per heavy atom. The molecule has 1 aliphatic heterocycles. The Morgan fingerprint density at radius 1 is 1.19 bits per heavy atom. The summed E-state index contributed by atoms with van der Waals surface area (Å²) in [5.41, 5.74) is 0.791. The van der Waals surface area contributed by atoms with Gasteiger partial charge in [0.2, 0.25) is 20.0 Å². The summed E-state index contributed by atoms with van der Waals surface area (Å²) in [7, 11) is -8.37. The van der Waals surface area contributed by atoms with Crippen molar-refractivity contribution in [3.63, 3.8) is 0 Å². The molecule has 0 fully saturated rings. The second-order valence-electron chi connectivity index (χ2n) is 5.78. The molecule has 0 saturated carbocycles. The van der Waals surface area contributed by atoms with Crippen LogP contribution in [0, 0.1) is 0 Å². The highest BCUT2D eigenvalue weighted by Gasteiger charge is 2.42. The number of hydrogen-bond acceptors (Lipinski definition) is 5. The number of anilines is 1. The van der Waals surface area contributed by atoms with E-state index in [9.17, 15) is 16.8 Å². The molecule has 1 unspecified atom stereocenters. The monoisotopic (exact) mass is 469 g/mol. The number of sulfonamides is 2. The van der Waals surface area contributed by atoms with Crippen molar-refractivity contribution in [1.82, 2.24) is 4.31 Å². The molecule has 1 atom stereocenters. The highest BCUT2D eigenvalue weighted by molar-refractivity contribution is 7.90. The third-order valence-corrected chi connectivity index (χ3v) is 7.68. The first kappa shape index (κ1) is 20.7. The maximum absolute atomic E-state index is 13.2. The number of nitrogens with two attached hydrogens (primary N) is 1. The molecule has 27 heavy (non-hydrogen) atoms. The average molecular weight is 471 g/mol. The van der Waals surface area contributed by atoms with Crippen LogP contribution in [0.2, 0.25) is 5.02 Å². The quantitative estimate of drug-likeness (QED) is 0.668. The van der Waals surface area contributed by atoms with Crippen LogP contribution in [0.15, 0.2) is 52.3 Å². The van der Waals surface area contributed by atoms with Gasteiger partial charge in [0.05, 0.1) is 10.7 Å². The molecule has 1 aliphatic rings. The fourth-order valence-electron chi connectivity index (χ4n) is 2.72. The van der Waals surface area contributed by atoms with Crippen LogP contribution in [-0.2, 0) is 26.6 Å². The molecule has 0 radical (unpaired) electrons. The van der Waals surface area contributed by atoms with Gasteiger partial charge in [-0.3, -0.25) is 0 Å². The van der Waals surface area contributed by atoms with Crippen LogP contribution in [0.25, 0.3) is 0 Å². The highest BCUT2D eigenvalue weighted by atomic mass is 35.5. The van der Waals surface area contributed by atoms with E-state index in [1.165, 1.54) is 6.07 Å². The minimum Gasteiger partial charge on any atom is -0.365 e. The standard InChI is InChI=1S/C15H14Cl3N3O4S2/c16-10-6-11-13(7-12(10)26(19,22)23)27(24,25)21(15(20-11)14(17)18)8-9-4-2-1-3-5-9/h1-7,14-15,20H,8H2,(H2,19,22,23). The first-order valence-corrected chi connectivity index (χ1v) is 11.7. The third-order valence-electron chi connectivity index (χ3n) is 3.96. The van der Waals surface area contributed by atoms with Crippen molar-refractivity contribution < 1.29 is 16.8 Å². The zero-order valence-corrected chi connectivity index (χ0v) is 17.4. The number of hydrogen-bond donors (Lipinski definition) is 2. The van der Waals surface area contributed by atoms with Crippen molar-refractivity contribution in [2.45, 2.75) is 27.3 Å². The molecule has 0 amide bonds. The van der Waals surface area contributed by atoms with E-state index in [1.54, 1.807) is 30.3 Å². The van der Waals surface area contributed by atoms with E-state index >= 15 is 0 Å². The number of alkyl halides is 2. The van der Waals surface area contributed by atoms with Gasteiger partial charge in [-0.2, -0.15) is 4.31 Å². The van der Waals surface area contributed by atoms with Crippen LogP contribution in [0.4, 0.5) is 5.69 Å². The molecule has 1 heterocycles. The summed E-state index contributed by atoms with van der Waals surface area (Å²) in [5, 5.41) is 7.82. The normalized spacial score (nSPS) is 19.5. The summed E-state index contributed by atoms with van der Waals surface area (Å²) in [6, 6.07) is 10.9. The Balaban J connectivity index is 2.17. The van der Waals surface area contributed by atoms with E-state index in [2.05, 4.69) is 5.32 Å². The maximum atomic E-state index is 13.2. The van der Waals surface area contributed by atoms with Gasteiger partial charge in [-0.05, 0) is 17.7 Å². The largest absolute Gasteiger partial charge is 0.365 e. The topological polar surface area (TPSA) is 110 Å². The molecule has 7 nitrogen and oxygen atoms in total. The van der Waals surface area contributed by atoms with Crippen LogP contribution in [0.3, 0.4) is 0 Å². The average Bonchev–Trinajstić information content (AvgIpc) is 2.56. The van der Waals surface area contributed by atoms with E-state index < -0.39 is 35.9 Å². The molecule has 12 heteroatoms. The lowest BCUT2D eigenvalue weighted by molar-refractivity contribution is 0.341. The van der Waals surface area contributed by atoms with Gasteiger partial charge in [0.15, 0.2) is 0 Å². The van der Waals surface area contributed by atoms with Gasteiger partial charge in [-0.1, -0.05) is 41.9 Å². The van der Waals surface area contributed by atoms with Gasteiger partial charge in [0.1, 0.15) is 20.8 Å². The number of nitrogens with one attached hydrogen (secondary N) is 1. The number of halogens is 3. The van der Waals surface area contributed by atoms with Crippen molar-refractivity contribution in [2.75, 3.05) is 5.32 Å². The summed E-state index contributed by atoms with van der Waals surface area (Å²) in [4.78, 5) is -1.87. The fourth-order valence-corrected chi connectivity index (χ4v) is 6.13. The van der Waals surface area contributed by atoms with Gasteiger partial charge in [-0.25, -0.2) is 22.0 Å². The Morgan fingerprint density at radius 2 is 1.81 bits per heavy atom. The summed E-state index contributed by atoms with van der Waals surface area (Å²) < 4.78 is 50.9. The van der Waals surface area contributed by atoms with E-state index in [-0.39, 0.29) is 22.2 Å². The van der Waals surface area contributed by atoms with Crippen molar-refractivity contribution in [3.05, 3.63) is 53.1 Å². The summed E-state index contributed by atoms with van der Waals surface area (Å²) >= 11 is 18.0. The summed E-state index contributed by atoms with van der Waals surface area (Å²) in [6.07, 6.45) is -0.984.